The van der Waals surface area contributed by atoms with Crippen molar-refractivity contribution in [2.75, 3.05) is 25.0 Å². The number of pyridine rings is 1. The van der Waals surface area contributed by atoms with Crippen LogP contribution < -0.4 is 10.2 Å². The molecule has 2 amide bonds. The van der Waals surface area contributed by atoms with Crippen molar-refractivity contribution in [3.8, 4) is 11.1 Å². The van der Waals surface area contributed by atoms with Gasteiger partial charge in [0.25, 0.3) is 5.91 Å². The van der Waals surface area contributed by atoms with Gasteiger partial charge >= 0.3 is 0 Å². The largest absolute Gasteiger partial charge is 0.368 e. The summed E-state index contributed by atoms with van der Waals surface area (Å²) >= 11 is 0. The Bertz CT molecular complexity index is 1320. The molecule has 1 atom stereocenters. The van der Waals surface area contributed by atoms with Gasteiger partial charge < -0.3 is 15.1 Å². The van der Waals surface area contributed by atoms with Crippen LogP contribution in [0, 0.1) is 6.92 Å². The number of hydrogen-bond donors (Lipinski definition) is 1. The summed E-state index contributed by atoms with van der Waals surface area (Å²) in [6.07, 6.45) is 10.5. The summed E-state index contributed by atoms with van der Waals surface area (Å²) in [6, 6.07) is 8.50. The quantitative estimate of drug-likeness (QED) is 0.468. The molecule has 0 aliphatic carbocycles. The van der Waals surface area contributed by atoms with Crippen LogP contribution in [0.3, 0.4) is 0 Å². The zero-order chi connectivity index (χ0) is 27.4. The summed E-state index contributed by atoms with van der Waals surface area (Å²) in [5.74, 6) is -0.190. The molecule has 8 heteroatoms. The highest BCUT2D eigenvalue weighted by Crippen LogP contribution is 2.33. The van der Waals surface area contributed by atoms with Crippen LogP contribution in [-0.2, 0) is 16.9 Å². The zero-order valence-electron chi connectivity index (χ0n) is 23.1. The van der Waals surface area contributed by atoms with E-state index in [-0.39, 0.29) is 23.4 Å². The van der Waals surface area contributed by atoms with E-state index in [1.807, 2.05) is 46.3 Å². The van der Waals surface area contributed by atoms with Crippen molar-refractivity contribution in [3.05, 3.63) is 78.4 Å². The number of aryl methyl sites for hydroxylation is 1. The van der Waals surface area contributed by atoms with Crippen LogP contribution in [-0.4, -0.2) is 57.7 Å². The number of hydrogen-bond acceptors (Lipinski definition) is 5. The van der Waals surface area contributed by atoms with Crippen LogP contribution in [0.15, 0.2) is 61.7 Å². The van der Waals surface area contributed by atoms with Gasteiger partial charge in [-0.15, -0.1) is 0 Å². The molecule has 38 heavy (non-hydrogen) atoms. The van der Waals surface area contributed by atoms with Crippen molar-refractivity contribution in [1.29, 1.82) is 0 Å². The Balaban J connectivity index is 1.48. The Kier molecular flexibility index (Phi) is 7.99. The number of amides is 2. The Labute approximate surface area is 225 Å². The molecule has 3 aromatic rings. The molecule has 1 aliphatic rings. The summed E-state index contributed by atoms with van der Waals surface area (Å²) in [6.45, 7) is 13.9. The normalized spacial score (nSPS) is 15.7. The standard InChI is InChI=1S/C30H38N6O2/c1-7-28(37)34(6)25-9-8-14-35(20-25)27-18-31-13-12-26(27)22-10-11-23(21(2)15-22)16-32-29(38)24-17-33-36(19-24)30(3,4)5/h7,10-13,15,17-19,25H,1,8-9,14,16,20H2,2-6H3,(H,32,38). The third-order valence-corrected chi connectivity index (χ3v) is 7.23. The topological polar surface area (TPSA) is 83.4 Å². The second kappa shape index (κ2) is 11.2. The molecule has 2 aromatic heterocycles. The Morgan fingerprint density at radius 2 is 2.03 bits per heavy atom. The third kappa shape index (κ3) is 5.96. The van der Waals surface area contributed by atoms with Crippen molar-refractivity contribution >= 4 is 17.5 Å². The van der Waals surface area contributed by atoms with E-state index < -0.39 is 0 Å². The average molecular weight is 515 g/mol. The molecule has 0 spiro atoms. The van der Waals surface area contributed by atoms with Crippen LogP contribution >= 0.6 is 0 Å². The molecule has 1 fully saturated rings. The van der Waals surface area contributed by atoms with Gasteiger partial charge in [-0.2, -0.15) is 5.10 Å². The lowest BCUT2D eigenvalue weighted by Gasteiger charge is -2.39. The van der Waals surface area contributed by atoms with Crippen LogP contribution in [0.2, 0.25) is 0 Å². The van der Waals surface area contributed by atoms with E-state index in [0.717, 1.165) is 53.9 Å². The molecule has 200 valence electrons. The molecule has 0 bridgehead atoms. The first-order chi connectivity index (χ1) is 18.1. The van der Waals surface area contributed by atoms with Gasteiger partial charge in [0, 0.05) is 50.7 Å². The van der Waals surface area contributed by atoms with Gasteiger partial charge in [-0.1, -0.05) is 24.8 Å². The fourth-order valence-electron chi connectivity index (χ4n) is 4.84. The molecule has 1 saturated heterocycles. The number of rotatable bonds is 7. The van der Waals surface area contributed by atoms with Crippen molar-refractivity contribution in [2.45, 2.75) is 58.7 Å². The fraction of sp³-hybridized carbons (Fsp3) is 0.400. The number of aromatic nitrogens is 3. The summed E-state index contributed by atoms with van der Waals surface area (Å²) in [7, 11) is 1.85. The second-order valence-corrected chi connectivity index (χ2v) is 11.0. The van der Waals surface area contributed by atoms with Gasteiger partial charge in [-0.05, 0) is 69.4 Å². The molecule has 4 rings (SSSR count). The number of likely N-dealkylation sites (N-methyl/N-ethyl adjacent to an activating group) is 1. The number of carbonyl (C=O) groups excluding carboxylic acids is 2. The summed E-state index contributed by atoms with van der Waals surface area (Å²) < 4.78 is 1.80. The van der Waals surface area contributed by atoms with Gasteiger partial charge in [0.15, 0.2) is 0 Å². The van der Waals surface area contributed by atoms with Crippen LogP contribution in [0.1, 0.15) is 55.1 Å². The maximum absolute atomic E-state index is 12.7. The molecule has 3 heterocycles. The van der Waals surface area contributed by atoms with Gasteiger partial charge in [-0.3, -0.25) is 19.3 Å². The minimum atomic E-state index is -0.176. The molecule has 0 radical (unpaired) electrons. The Morgan fingerprint density at radius 1 is 1.24 bits per heavy atom. The lowest BCUT2D eigenvalue weighted by atomic mass is 9.97. The SMILES string of the molecule is C=CC(=O)N(C)C1CCCN(c2cnccc2-c2ccc(CNC(=O)c3cnn(C(C)(C)C)c3)c(C)c2)C1. The highest BCUT2D eigenvalue weighted by molar-refractivity contribution is 5.93. The van der Waals surface area contributed by atoms with Crippen LogP contribution in [0.25, 0.3) is 11.1 Å². The Hall–Kier alpha value is -3.94. The maximum atomic E-state index is 12.7. The lowest BCUT2D eigenvalue weighted by molar-refractivity contribution is -0.126. The first kappa shape index (κ1) is 27.1. The second-order valence-electron chi connectivity index (χ2n) is 11.0. The van der Waals surface area contributed by atoms with E-state index in [0.29, 0.717) is 12.1 Å². The minimum Gasteiger partial charge on any atom is -0.368 e. The van der Waals surface area contributed by atoms with Crippen LogP contribution in [0.4, 0.5) is 5.69 Å². The average Bonchev–Trinajstić information content (AvgIpc) is 3.43. The van der Waals surface area contributed by atoms with Crippen LogP contribution in [0.5, 0.6) is 0 Å². The fourth-order valence-corrected chi connectivity index (χ4v) is 4.84. The summed E-state index contributed by atoms with van der Waals surface area (Å²) in [4.78, 5) is 33.4. The number of nitrogens with one attached hydrogen (secondary N) is 1. The van der Waals surface area contributed by atoms with E-state index in [1.165, 1.54) is 6.08 Å². The number of carbonyl (C=O) groups is 2. The molecule has 0 saturated carbocycles. The molecule has 1 unspecified atom stereocenters. The molecule has 8 nitrogen and oxygen atoms in total. The molecule has 1 aromatic carbocycles. The van der Waals surface area contributed by atoms with E-state index >= 15 is 0 Å². The number of benzene rings is 1. The maximum Gasteiger partial charge on any atom is 0.254 e. The predicted molar refractivity (Wildman–Crippen MR) is 151 cm³/mol. The molecular formula is C30H38N6O2. The van der Waals surface area contributed by atoms with Crippen molar-refractivity contribution in [3.63, 3.8) is 0 Å². The first-order valence-electron chi connectivity index (χ1n) is 13.1. The molecule has 1 N–H and O–H groups in total. The van der Waals surface area contributed by atoms with E-state index in [4.69, 9.17) is 0 Å². The van der Waals surface area contributed by atoms with Gasteiger partial charge in [0.05, 0.1) is 29.2 Å². The van der Waals surface area contributed by atoms with Crippen molar-refractivity contribution < 1.29 is 9.59 Å². The highest BCUT2D eigenvalue weighted by Gasteiger charge is 2.27. The first-order valence-corrected chi connectivity index (χ1v) is 13.1. The van der Waals surface area contributed by atoms with E-state index in [1.54, 1.807) is 22.0 Å². The zero-order valence-corrected chi connectivity index (χ0v) is 23.1. The number of anilines is 1. The predicted octanol–water partition coefficient (Wildman–Crippen LogP) is 4.55. The van der Waals surface area contributed by atoms with Crippen molar-refractivity contribution in [2.24, 2.45) is 0 Å². The molecular weight excluding hydrogens is 476 g/mol. The monoisotopic (exact) mass is 514 g/mol. The van der Waals surface area contributed by atoms with E-state index in [9.17, 15) is 9.59 Å². The lowest BCUT2D eigenvalue weighted by Crippen LogP contribution is -2.48. The summed E-state index contributed by atoms with van der Waals surface area (Å²) in [5.41, 5.74) is 5.80. The third-order valence-electron chi connectivity index (χ3n) is 7.23. The smallest absolute Gasteiger partial charge is 0.254 e. The van der Waals surface area contributed by atoms with Gasteiger partial charge in [0.1, 0.15) is 0 Å². The highest BCUT2D eigenvalue weighted by atomic mass is 16.2. The number of piperidine rings is 1. The van der Waals surface area contributed by atoms with E-state index in [2.05, 4.69) is 52.0 Å². The number of nitrogens with zero attached hydrogens (tertiary/aromatic N) is 5. The Morgan fingerprint density at radius 3 is 2.71 bits per heavy atom. The van der Waals surface area contributed by atoms with Gasteiger partial charge in [0.2, 0.25) is 5.91 Å². The minimum absolute atomic E-state index is 0.0513. The summed E-state index contributed by atoms with van der Waals surface area (Å²) in [5, 5.41) is 7.35. The van der Waals surface area contributed by atoms with Gasteiger partial charge in [-0.25, -0.2) is 0 Å². The molecule has 1 aliphatic heterocycles. The van der Waals surface area contributed by atoms with Crippen molar-refractivity contribution in [1.82, 2.24) is 25.0 Å².